The topological polar surface area (TPSA) is 60.9 Å². The zero-order valence-electron chi connectivity index (χ0n) is 10.6. The van der Waals surface area contributed by atoms with Crippen LogP contribution in [0.5, 0.6) is 0 Å². The number of aromatic nitrogens is 2. The molecule has 18 heavy (non-hydrogen) atoms. The van der Waals surface area contributed by atoms with Gasteiger partial charge in [0.15, 0.2) is 0 Å². The number of nitrogens with zero attached hydrogens (tertiary/aromatic N) is 1. The molecule has 2 aromatic rings. The Balaban J connectivity index is 2.16. The Morgan fingerprint density at radius 1 is 1.44 bits per heavy atom. The average Bonchev–Trinajstić information content (AvgIpc) is 2.79. The highest BCUT2D eigenvalue weighted by Gasteiger charge is 2.07. The number of aliphatic hydroxyl groups is 1. The fraction of sp³-hybridized carbons (Fsp3) is 0.462. The number of nitrogens with one attached hydrogen (secondary N) is 2. The van der Waals surface area contributed by atoms with E-state index in [1.54, 1.807) is 0 Å². The van der Waals surface area contributed by atoms with E-state index in [1.165, 1.54) is 0 Å². The predicted molar refractivity (Wildman–Crippen MR) is 75.4 cm³/mol. The fourth-order valence-corrected chi connectivity index (χ4v) is 1.81. The van der Waals surface area contributed by atoms with Gasteiger partial charge in [-0.3, -0.25) is 0 Å². The molecule has 3 N–H and O–H groups in total. The Bertz CT molecular complexity index is 524. The van der Waals surface area contributed by atoms with E-state index in [-0.39, 0.29) is 5.88 Å². The van der Waals surface area contributed by atoms with Gasteiger partial charge in [-0.15, -0.1) is 11.6 Å². The molecule has 0 aliphatic rings. The number of rotatable bonds is 5. The first-order valence-corrected chi connectivity index (χ1v) is 6.61. The second-order valence-electron chi connectivity index (χ2n) is 4.70. The third-order valence-electron chi connectivity index (χ3n) is 2.77. The molecule has 0 saturated carbocycles. The summed E-state index contributed by atoms with van der Waals surface area (Å²) in [5.41, 5.74) is 2.91. The summed E-state index contributed by atoms with van der Waals surface area (Å²) in [6.45, 7) is 4.65. The van der Waals surface area contributed by atoms with E-state index < -0.39 is 6.10 Å². The Morgan fingerprint density at radius 3 is 2.89 bits per heavy atom. The van der Waals surface area contributed by atoms with Crippen molar-refractivity contribution in [2.75, 3.05) is 17.7 Å². The molecule has 0 saturated heterocycles. The Kier molecular flexibility index (Phi) is 4.09. The molecule has 1 aromatic heterocycles. The standard InChI is InChI=1S/C13H18ClN3O/c1-8(2)13-16-11-4-3-9(5-12(11)17-13)15-7-10(18)6-14/h3-5,8,10,15,18H,6-7H2,1-2H3,(H,16,17). The lowest BCUT2D eigenvalue weighted by molar-refractivity contribution is 0.211. The number of aliphatic hydroxyl groups excluding tert-OH is 1. The van der Waals surface area contributed by atoms with Gasteiger partial charge in [-0.25, -0.2) is 4.98 Å². The highest BCUT2D eigenvalue weighted by Crippen LogP contribution is 2.20. The van der Waals surface area contributed by atoms with Crippen molar-refractivity contribution in [3.8, 4) is 0 Å². The van der Waals surface area contributed by atoms with E-state index in [1.807, 2.05) is 18.2 Å². The van der Waals surface area contributed by atoms with Crippen LogP contribution in [0.1, 0.15) is 25.6 Å². The van der Waals surface area contributed by atoms with E-state index >= 15 is 0 Å². The molecule has 1 unspecified atom stereocenters. The predicted octanol–water partition coefficient (Wildman–Crippen LogP) is 2.70. The van der Waals surface area contributed by atoms with Gasteiger partial charge in [0.05, 0.1) is 23.0 Å². The van der Waals surface area contributed by atoms with Crippen molar-refractivity contribution >= 4 is 28.3 Å². The van der Waals surface area contributed by atoms with Crippen LogP contribution in [-0.2, 0) is 0 Å². The summed E-state index contributed by atoms with van der Waals surface area (Å²) in [7, 11) is 0. The van der Waals surface area contributed by atoms with Crippen molar-refractivity contribution < 1.29 is 5.11 Å². The van der Waals surface area contributed by atoms with Crippen LogP contribution in [0.4, 0.5) is 5.69 Å². The first-order valence-electron chi connectivity index (χ1n) is 6.07. The summed E-state index contributed by atoms with van der Waals surface area (Å²) < 4.78 is 0. The van der Waals surface area contributed by atoms with Gasteiger partial charge >= 0.3 is 0 Å². The van der Waals surface area contributed by atoms with Crippen molar-refractivity contribution in [3.05, 3.63) is 24.0 Å². The summed E-state index contributed by atoms with van der Waals surface area (Å²) in [5, 5.41) is 12.5. The van der Waals surface area contributed by atoms with E-state index in [2.05, 4.69) is 29.1 Å². The number of H-pyrrole nitrogens is 1. The van der Waals surface area contributed by atoms with Crippen molar-refractivity contribution in [1.29, 1.82) is 0 Å². The molecule has 0 amide bonds. The SMILES string of the molecule is CC(C)c1nc2ccc(NCC(O)CCl)cc2[nH]1. The monoisotopic (exact) mass is 267 g/mol. The Hall–Kier alpha value is -1.26. The molecule has 0 bridgehead atoms. The number of alkyl halides is 1. The maximum atomic E-state index is 9.39. The maximum Gasteiger partial charge on any atom is 0.109 e. The van der Waals surface area contributed by atoms with E-state index in [0.717, 1.165) is 22.5 Å². The molecule has 4 nitrogen and oxygen atoms in total. The van der Waals surface area contributed by atoms with E-state index in [9.17, 15) is 5.11 Å². The molecule has 0 fully saturated rings. The highest BCUT2D eigenvalue weighted by molar-refractivity contribution is 6.18. The normalized spacial score (nSPS) is 13.2. The second-order valence-corrected chi connectivity index (χ2v) is 5.01. The molecule has 5 heteroatoms. The Labute approximate surface area is 111 Å². The third-order valence-corrected chi connectivity index (χ3v) is 3.12. The van der Waals surface area contributed by atoms with Gasteiger partial charge < -0.3 is 15.4 Å². The minimum Gasteiger partial charge on any atom is -0.390 e. The Morgan fingerprint density at radius 2 is 2.22 bits per heavy atom. The third kappa shape index (κ3) is 2.94. The zero-order valence-corrected chi connectivity index (χ0v) is 11.3. The van der Waals surface area contributed by atoms with Gasteiger partial charge in [0.1, 0.15) is 5.82 Å². The van der Waals surface area contributed by atoms with Gasteiger partial charge in [-0.05, 0) is 18.2 Å². The molecule has 0 aliphatic heterocycles. The quantitative estimate of drug-likeness (QED) is 0.730. The highest BCUT2D eigenvalue weighted by atomic mass is 35.5. The van der Waals surface area contributed by atoms with Crippen LogP contribution >= 0.6 is 11.6 Å². The molecule has 1 atom stereocenters. The summed E-state index contributed by atoms with van der Waals surface area (Å²) in [6.07, 6.45) is -0.532. The number of hydrogen-bond donors (Lipinski definition) is 3. The second kappa shape index (κ2) is 5.59. The molecular weight excluding hydrogens is 250 g/mol. The smallest absolute Gasteiger partial charge is 0.109 e. The first-order chi connectivity index (χ1) is 8.60. The molecular formula is C13H18ClN3O. The molecule has 0 spiro atoms. The van der Waals surface area contributed by atoms with Crippen LogP contribution in [0, 0.1) is 0 Å². The number of imidazole rings is 1. The summed E-state index contributed by atoms with van der Waals surface area (Å²) in [5.74, 6) is 1.60. The number of benzene rings is 1. The van der Waals surface area contributed by atoms with Crippen LogP contribution < -0.4 is 5.32 Å². The summed E-state index contributed by atoms with van der Waals surface area (Å²) in [4.78, 5) is 7.81. The van der Waals surface area contributed by atoms with Crippen LogP contribution in [0.25, 0.3) is 11.0 Å². The fourth-order valence-electron chi connectivity index (χ4n) is 1.70. The van der Waals surface area contributed by atoms with Crippen LogP contribution in [0.15, 0.2) is 18.2 Å². The molecule has 1 aromatic carbocycles. The van der Waals surface area contributed by atoms with Crippen molar-refractivity contribution in [3.63, 3.8) is 0 Å². The zero-order chi connectivity index (χ0) is 13.1. The average molecular weight is 268 g/mol. The van der Waals surface area contributed by atoms with Crippen molar-refractivity contribution in [2.45, 2.75) is 25.9 Å². The minimum atomic E-state index is -0.532. The van der Waals surface area contributed by atoms with Gasteiger partial charge in [0, 0.05) is 18.2 Å². The molecule has 0 radical (unpaired) electrons. The van der Waals surface area contributed by atoms with Crippen LogP contribution in [0.3, 0.4) is 0 Å². The maximum absolute atomic E-state index is 9.39. The van der Waals surface area contributed by atoms with E-state index in [4.69, 9.17) is 11.6 Å². The summed E-state index contributed by atoms with van der Waals surface area (Å²) >= 11 is 5.55. The van der Waals surface area contributed by atoms with Gasteiger partial charge in [0.25, 0.3) is 0 Å². The number of aromatic amines is 1. The van der Waals surface area contributed by atoms with Gasteiger partial charge in [0.2, 0.25) is 0 Å². The number of anilines is 1. The molecule has 0 aliphatic carbocycles. The summed E-state index contributed by atoms with van der Waals surface area (Å²) in [6, 6.07) is 5.91. The molecule has 98 valence electrons. The largest absolute Gasteiger partial charge is 0.390 e. The number of fused-ring (bicyclic) bond motifs is 1. The van der Waals surface area contributed by atoms with Gasteiger partial charge in [-0.2, -0.15) is 0 Å². The van der Waals surface area contributed by atoms with Crippen LogP contribution in [-0.4, -0.2) is 33.6 Å². The van der Waals surface area contributed by atoms with Crippen molar-refractivity contribution in [2.24, 2.45) is 0 Å². The van der Waals surface area contributed by atoms with Crippen LogP contribution in [0.2, 0.25) is 0 Å². The lowest BCUT2D eigenvalue weighted by atomic mass is 10.2. The molecule has 2 rings (SSSR count). The lowest BCUT2D eigenvalue weighted by Crippen LogP contribution is -2.20. The minimum absolute atomic E-state index is 0.233. The lowest BCUT2D eigenvalue weighted by Gasteiger charge is -2.09. The van der Waals surface area contributed by atoms with E-state index in [0.29, 0.717) is 12.5 Å². The number of halogens is 1. The van der Waals surface area contributed by atoms with Gasteiger partial charge in [-0.1, -0.05) is 13.8 Å². The van der Waals surface area contributed by atoms with Crippen molar-refractivity contribution in [1.82, 2.24) is 9.97 Å². The first kappa shape index (κ1) is 13.2. The number of hydrogen-bond acceptors (Lipinski definition) is 3. The molecule has 1 heterocycles.